The van der Waals surface area contributed by atoms with Gasteiger partial charge < -0.3 is 24.8 Å². The van der Waals surface area contributed by atoms with Gasteiger partial charge >= 0.3 is 178 Å². The summed E-state index contributed by atoms with van der Waals surface area (Å²) < 4.78 is 1.34. The maximum Gasteiger partial charge on any atom is -1.00 e. The molecule has 0 spiro atoms. The van der Waals surface area contributed by atoms with E-state index in [0.29, 0.717) is 7.25 Å². The molecular weight excluding hydrogens is 486 g/mol. The summed E-state index contributed by atoms with van der Waals surface area (Å²) in [5, 5.41) is 5.53. The standard InChI is InChI=1S/C14H11.C13H9.2ClH.Zr/c1-10-8-12-7-6-11-4-2-3-5-13(11)14(12)9-10;1-2-6-12-10(4-1)8-9-11-5-3-7-13(11)12;;;/h2-9H,1H3;1-9H;2*1H;/q;;;;+2/p-2. The van der Waals surface area contributed by atoms with Crippen molar-refractivity contribution in [3.63, 3.8) is 0 Å². The third-order valence-electron chi connectivity index (χ3n) is 6.28. The van der Waals surface area contributed by atoms with E-state index in [2.05, 4.69) is 97.9 Å². The van der Waals surface area contributed by atoms with Crippen LogP contribution in [0.2, 0.25) is 0 Å². The first kappa shape index (κ1) is 21.6. The van der Waals surface area contributed by atoms with Crippen LogP contribution in [0, 0.1) is 0 Å². The van der Waals surface area contributed by atoms with Crippen LogP contribution in [-0.2, 0) is 23.2 Å². The molecule has 4 aromatic carbocycles. The first-order chi connectivity index (χ1) is 13.8. The Balaban J connectivity index is 0.00000109. The minimum absolute atomic E-state index is 0. The molecule has 0 aromatic heterocycles. The fraction of sp³-hybridized carbons (Fsp3) is 0.111. The van der Waals surface area contributed by atoms with E-state index >= 15 is 0 Å². The summed E-state index contributed by atoms with van der Waals surface area (Å²) in [5.41, 5.74) is 7.64. The zero-order valence-electron chi connectivity index (χ0n) is 16.6. The zero-order chi connectivity index (χ0) is 18.7. The molecule has 0 fully saturated rings. The average molecular weight is 507 g/mol. The quantitative estimate of drug-likeness (QED) is 0.385. The zero-order valence-corrected chi connectivity index (χ0v) is 20.5. The Morgan fingerprint density at radius 3 is 1.97 bits per heavy atom. The van der Waals surface area contributed by atoms with E-state index < -0.39 is 23.2 Å². The van der Waals surface area contributed by atoms with Crippen molar-refractivity contribution >= 4 is 33.7 Å². The van der Waals surface area contributed by atoms with E-state index in [1.807, 2.05) is 0 Å². The van der Waals surface area contributed by atoms with Gasteiger partial charge in [-0.25, -0.2) is 0 Å². The van der Waals surface area contributed by atoms with Crippen LogP contribution in [0.3, 0.4) is 0 Å². The number of hydrogen-bond acceptors (Lipinski definition) is 0. The fourth-order valence-electron chi connectivity index (χ4n) is 4.89. The second-order valence-electron chi connectivity index (χ2n) is 7.90. The fourth-order valence-corrected chi connectivity index (χ4v) is 9.26. The topological polar surface area (TPSA) is 0 Å². The summed E-state index contributed by atoms with van der Waals surface area (Å²) in [5.74, 6) is 0. The molecule has 146 valence electrons. The molecule has 0 amide bonds. The molecule has 0 aliphatic heterocycles. The van der Waals surface area contributed by atoms with Crippen LogP contribution < -0.4 is 24.8 Å². The molecule has 3 heteroatoms. The Bertz CT molecular complexity index is 1320. The van der Waals surface area contributed by atoms with Crippen LogP contribution in [0.4, 0.5) is 0 Å². The second-order valence-corrected chi connectivity index (χ2v) is 11.7. The summed E-state index contributed by atoms with van der Waals surface area (Å²) >= 11 is -0.733. The molecule has 0 nitrogen and oxygen atoms in total. The van der Waals surface area contributed by atoms with E-state index in [4.69, 9.17) is 0 Å². The molecule has 0 N–H and O–H groups in total. The SMILES string of the molecule is CC1=Cc2c(ccc3ccccc23)[CH]1[Zr+2][CH]1C=Cc2c1ccc1ccccc21.[Cl-].[Cl-]. The van der Waals surface area contributed by atoms with Crippen molar-refractivity contribution in [2.24, 2.45) is 0 Å². The van der Waals surface area contributed by atoms with Crippen molar-refractivity contribution in [1.82, 2.24) is 0 Å². The largest absolute Gasteiger partial charge is 1.00 e. The van der Waals surface area contributed by atoms with Gasteiger partial charge in [0.05, 0.1) is 0 Å². The minimum atomic E-state index is -0.733. The third kappa shape index (κ3) is 3.32. The third-order valence-corrected chi connectivity index (χ3v) is 11.1. The first-order valence-corrected chi connectivity index (χ1v) is 12.8. The Morgan fingerprint density at radius 1 is 0.667 bits per heavy atom. The van der Waals surface area contributed by atoms with Crippen molar-refractivity contribution in [3.05, 3.63) is 107 Å². The molecule has 6 rings (SSSR count). The van der Waals surface area contributed by atoms with Gasteiger partial charge in [-0.1, -0.05) is 0 Å². The van der Waals surface area contributed by atoms with Gasteiger partial charge in [-0.2, -0.15) is 0 Å². The van der Waals surface area contributed by atoms with E-state index in [1.54, 1.807) is 16.7 Å². The smallest absolute Gasteiger partial charge is 1.00 e. The van der Waals surface area contributed by atoms with Gasteiger partial charge in [-0.3, -0.25) is 0 Å². The molecule has 2 aliphatic rings. The van der Waals surface area contributed by atoms with Crippen LogP contribution in [0.25, 0.3) is 33.7 Å². The van der Waals surface area contributed by atoms with E-state index in [0.717, 1.165) is 0 Å². The average Bonchev–Trinajstić information content (AvgIpc) is 3.30. The molecule has 2 unspecified atom stereocenters. The molecule has 2 atom stereocenters. The van der Waals surface area contributed by atoms with Gasteiger partial charge in [0.2, 0.25) is 0 Å². The number of allylic oxidation sites excluding steroid dienone is 2. The molecule has 0 bridgehead atoms. The Hall–Kier alpha value is -1.66. The minimum Gasteiger partial charge on any atom is -1.00 e. The van der Waals surface area contributed by atoms with Crippen molar-refractivity contribution in [1.29, 1.82) is 0 Å². The number of hydrogen-bond donors (Lipinski definition) is 0. The molecular formula is C27H20Cl2Zr. The van der Waals surface area contributed by atoms with Gasteiger partial charge in [0, 0.05) is 0 Å². The van der Waals surface area contributed by atoms with Gasteiger partial charge in [0.15, 0.2) is 0 Å². The van der Waals surface area contributed by atoms with Crippen LogP contribution in [0.15, 0.2) is 84.4 Å². The van der Waals surface area contributed by atoms with Crippen molar-refractivity contribution in [2.75, 3.05) is 0 Å². The maximum atomic E-state index is 2.50. The maximum absolute atomic E-state index is 2.50. The molecule has 0 radical (unpaired) electrons. The van der Waals surface area contributed by atoms with Gasteiger partial charge in [0.1, 0.15) is 0 Å². The summed E-state index contributed by atoms with van der Waals surface area (Å²) in [4.78, 5) is 0. The number of rotatable bonds is 2. The molecule has 2 aliphatic carbocycles. The van der Waals surface area contributed by atoms with Gasteiger partial charge in [0.25, 0.3) is 0 Å². The van der Waals surface area contributed by atoms with E-state index in [9.17, 15) is 0 Å². The molecule has 30 heavy (non-hydrogen) atoms. The van der Waals surface area contributed by atoms with Crippen LogP contribution in [0.5, 0.6) is 0 Å². The Morgan fingerprint density at radius 2 is 1.27 bits per heavy atom. The second kappa shape index (κ2) is 8.47. The summed E-state index contributed by atoms with van der Waals surface area (Å²) in [6.07, 6.45) is 7.34. The van der Waals surface area contributed by atoms with Gasteiger partial charge in [-0.05, 0) is 0 Å². The predicted octanol–water partition coefficient (Wildman–Crippen LogP) is 1.31. The summed E-state index contributed by atoms with van der Waals surface area (Å²) in [7, 11) is 0. The first-order valence-electron chi connectivity index (χ1n) is 9.95. The molecule has 0 saturated carbocycles. The van der Waals surface area contributed by atoms with Crippen molar-refractivity contribution < 1.29 is 48.0 Å². The summed E-state index contributed by atoms with van der Waals surface area (Å²) in [6, 6.07) is 27.0. The predicted molar refractivity (Wildman–Crippen MR) is 116 cm³/mol. The summed E-state index contributed by atoms with van der Waals surface area (Å²) in [6.45, 7) is 2.35. The molecule has 0 saturated heterocycles. The monoisotopic (exact) mass is 504 g/mol. The van der Waals surface area contributed by atoms with E-state index in [1.165, 1.54) is 32.7 Å². The van der Waals surface area contributed by atoms with Crippen molar-refractivity contribution in [3.8, 4) is 0 Å². The Labute approximate surface area is 201 Å². The number of fused-ring (bicyclic) bond motifs is 6. The van der Waals surface area contributed by atoms with Crippen LogP contribution >= 0.6 is 0 Å². The number of benzene rings is 4. The van der Waals surface area contributed by atoms with Crippen LogP contribution in [0.1, 0.15) is 36.4 Å². The van der Waals surface area contributed by atoms with E-state index in [-0.39, 0.29) is 24.8 Å². The molecule has 4 aromatic rings. The van der Waals surface area contributed by atoms with Crippen molar-refractivity contribution in [2.45, 2.75) is 14.2 Å². The van der Waals surface area contributed by atoms with Gasteiger partial charge in [-0.15, -0.1) is 0 Å². The number of halogens is 2. The Kier molecular flexibility index (Phi) is 6.09. The molecule has 0 heterocycles. The van der Waals surface area contributed by atoms with Crippen LogP contribution in [-0.4, -0.2) is 0 Å². The normalized spacial score (nSPS) is 18.2.